The summed E-state index contributed by atoms with van der Waals surface area (Å²) >= 11 is 0. The molecule has 0 unspecified atom stereocenters. The maximum absolute atomic E-state index is 6.73. The van der Waals surface area contributed by atoms with Crippen LogP contribution < -0.4 is 0 Å². The van der Waals surface area contributed by atoms with Gasteiger partial charge in [0.25, 0.3) is 0 Å². The molecule has 56 heavy (non-hydrogen) atoms. The van der Waals surface area contributed by atoms with Gasteiger partial charge in [-0.25, -0.2) is 15.0 Å². The van der Waals surface area contributed by atoms with E-state index in [1.54, 1.807) is 0 Å². The number of aromatic nitrogens is 4. The Kier molecular flexibility index (Phi) is 7.42. The molecule has 3 heterocycles. The van der Waals surface area contributed by atoms with Crippen molar-refractivity contribution in [1.82, 2.24) is 19.5 Å². The molecule has 0 aliphatic rings. The Hall–Kier alpha value is -7.63. The van der Waals surface area contributed by atoms with Crippen LogP contribution in [0.3, 0.4) is 0 Å². The molecule has 0 aliphatic carbocycles. The third kappa shape index (κ3) is 5.29. The van der Waals surface area contributed by atoms with Crippen LogP contribution in [0.2, 0.25) is 0 Å². The van der Waals surface area contributed by atoms with E-state index in [1.165, 1.54) is 21.8 Å². The summed E-state index contributed by atoms with van der Waals surface area (Å²) in [6, 6.07) is 67.5. The van der Waals surface area contributed by atoms with Gasteiger partial charge in [-0.05, 0) is 65.2 Å². The summed E-state index contributed by atoms with van der Waals surface area (Å²) in [5, 5.41) is 4.49. The van der Waals surface area contributed by atoms with E-state index in [0.29, 0.717) is 17.5 Å². The van der Waals surface area contributed by atoms with Gasteiger partial charge in [-0.15, -0.1) is 0 Å². The van der Waals surface area contributed by atoms with Crippen LogP contribution in [0, 0.1) is 0 Å². The van der Waals surface area contributed by atoms with Crippen molar-refractivity contribution < 1.29 is 4.42 Å². The summed E-state index contributed by atoms with van der Waals surface area (Å²) in [6.45, 7) is 0. The average Bonchev–Trinajstić information content (AvgIpc) is 3.82. The van der Waals surface area contributed by atoms with Crippen LogP contribution in [0.25, 0.3) is 106 Å². The molecular weight excluding hydrogens is 685 g/mol. The number of hydrogen-bond donors (Lipinski definition) is 0. The van der Waals surface area contributed by atoms with Gasteiger partial charge in [-0.1, -0.05) is 146 Å². The SMILES string of the molecule is c1ccc(-c2nc(-c3ccccc3)nc(-c3ccc4oc5c(-c6ccccc6-c6ccc7c(c6)c6ccccc6n7-c6ccccc6)cccc5c4c3)n2)cc1. The molecule has 0 fully saturated rings. The highest BCUT2D eigenvalue weighted by molar-refractivity contribution is 6.13. The van der Waals surface area contributed by atoms with Gasteiger partial charge >= 0.3 is 0 Å². The molecule has 0 saturated heterocycles. The lowest BCUT2D eigenvalue weighted by Crippen LogP contribution is -2.00. The van der Waals surface area contributed by atoms with Crippen LogP contribution in [0.4, 0.5) is 0 Å². The molecule has 0 N–H and O–H groups in total. The van der Waals surface area contributed by atoms with E-state index in [4.69, 9.17) is 19.4 Å². The number of furan rings is 1. The van der Waals surface area contributed by atoms with Gasteiger partial charge in [0.05, 0.1) is 11.0 Å². The normalized spacial score (nSPS) is 11.6. The van der Waals surface area contributed by atoms with E-state index in [0.717, 1.165) is 66.6 Å². The zero-order valence-corrected chi connectivity index (χ0v) is 30.2. The van der Waals surface area contributed by atoms with Gasteiger partial charge in [0.1, 0.15) is 11.2 Å². The molecule has 8 aromatic carbocycles. The lowest BCUT2D eigenvalue weighted by molar-refractivity contribution is 0.670. The minimum atomic E-state index is 0.611. The van der Waals surface area contributed by atoms with Crippen LogP contribution in [0.5, 0.6) is 0 Å². The Labute approximate surface area is 322 Å². The lowest BCUT2D eigenvalue weighted by Gasteiger charge is -2.12. The standard InChI is InChI=1S/C51H32N4O/c1-4-15-33(16-5-1)49-52-50(34-17-6-2-7-18-34)54-51(53-49)36-28-30-47-44(32-36)42-25-14-24-41(48(42)56-47)39-22-11-10-21-38(39)35-27-29-46-43(31-35)40-23-12-13-26-45(40)55(46)37-19-8-3-9-20-37/h1-32H. The maximum atomic E-state index is 6.73. The smallest absolute Gasteiger partial charge is 0.164 e. The van der Waals surface area contributed by atoms with Crippen molar-refractivity contribution in [3.8, 4) is 62.1 Å². The summed E-state index contributed by atoms with van der Waals surface area (Å²) in [5.74, 6) is 1.88. The van der Waals surface area contributed by atoms with Crippen molar-refractivity contribution in [2.24, 2.45) is 0 Å². The van der Waals surface area contributed by atoms with Crippen LogP contribution in [0.1, 0.15) is 0 Å². The molecule has 11 rings (SSSR count). The first-order valence-electron chi connectivity index (χ1n) is 18.8. The molecule has 0 saturated carbocycles. The molecule has 0 atom stereocenters. The van der Waals surface area contributed by atoms with E-state index in [1.807, 2.05) is 72.8 Å². The molecule has 11 aromatic rings. The van der Waals surface area contributed by atoms with Gasteiger partial charge < -0.3 is 8.98 Å². The third-order valence-electron chi connectivity index (χ3n) is 10.7. The van der Waals surface area contributed by atoms with Gasteiger partial charge in [0.2, 0.25) is 0 Å². The van der Waals surface area contributed by atoms with Gasteiger partial charge in [-0.2, -0.15) is 0 Å². The van der Waals surface area contributed by atoms with Crippen molar-refractivity contribution >= 4 is 43.7 Å². The van der Waals surface area contributed by atoms with E-state index < -0.39 is 0 Å². The fraction of sp³-hybridized carbons (Fsp3) is 0. The number of fused-ring (bicyclic) bond motifs is 6. The predicted molar refractivity (Wildman–Crippen MR) is 229 cm³/mol. The monoisotopic (exact) mass is 716 g/mol. The van der Waals surface area contributed by atoms with E-state index in [9.17, 15) is 0 Å². The fourth-order valence-corrected chi connectivity index (χ4v) is 8.05. The summed E-state index contributed by atoms with van der Waals surface area (Å²) in [7, 11) is 0. The van der Waals surface area contributed by atoms with Crippen LogP contribution in [-0.2, 0) is 0 Å². The van der Waals surface area contributed by atoms with Gasteiger partial charge in [-0.3, -0.25) is 0 Å². The largest absolute Gasteiger partial charge is 0.455 e. The molecule has 0 bridgehead atoms. The Bertz CT molecular complexity index is 3180. The van der Waals surface area contributed by atoms with E-state index in [-0.39, 0.29) is 0 Å². The minimum Gasteiger partial charge on any atom is -0.455 e. The van der Waals surface area contributed by atoms with Crippen molar-refractivity contribution in [3.05, 3.63) is 194 Å². The first kappa shape index (κ1) is 31.9. The molecule has 0 spiro atoms. The highest BCUT2D eigenvalue weighted by Crippen LogP contribution is 2.42. The van der Waals surface area contributed by atoms with Gasteiger partial charge in [0, 0.05) is 49.5 Å². The first-order valence-corrected chi connectivity index (χ1v) is 18.8. The second kappa shape index (κ2) is 13.0. The molecular formula is C51H32N4O. The van der Waals surface area contributed by atoms with Crippen molar-refractivity contribution in [3.63, 3.8) is 0 Å². The molecule has 0 radical (unpaired) electrons. The van der Waals surface area contributed by atoms with Crippen LogP contribution >= 0.6 is 0 Å². The second-order valence-corrected chi connectivity index (χ2v) is 14.0. The molecule has 5 heteroatoms. The molecule has 262 valence electrons. The van der Waals surface area contributed by atoms with E-state index in [2.05, 4.69) is 126 Å². The summed E-state index contributed by atoms with van der Waals surface area (Å²) < 4.78 is 9.08. The Morgan fingerprint density at radius 2 is 0.875 bits per heavy atom. The van der Waals surface area contributed by atoms with Crippen molar-refractivity contribution in [2.45, 2.75) is 0 Å². The highest BCUT2D eigenvalue weighted by atomic mass is 16.3. The Balaban J connectivity index is 1.05. The van der Waals surface area contributed by atoms with E-state index >= 15 is 0 Å². The number of para-hydroxylation sites is 3. The quantitative estimate of drug-likeness (QED) is 0.172. The highest BCUT2D eigenvalue weighted by Gasteiger charge is 2.19. The summed E-state index contributed by atoms with van der Waals surface area (Å²) in [4.78, 5) is 14.9. The maximum Gasteiger partial charge on any atom is 0.164 e. The molecule has 3 aromatic heterocycles. The number of benzene rings is 8. The van der Waals surface area contributed by atoms with Crippen molar-refractivity contribution in [1.29, 1.82) is 0 Å². The first-order chi connectivity index (χ1) is 27.8. The topological polar surface area (TPSA) is 56.7 Å². The predicted octanol–water partition coefficient (Wildman–Crippen LogP) is 13.2. The second-order valence-electron chi connectivity index (χ2n) is 14.0. The van der Waals surface area contributed by atoms with Crippen LogP contribution in [-0.4, -0.2) is 19.5 Å². The summed E-state index contributed by atoms with van der Waals surface area (Å²) in [6.07, 6.45) is 0. The zero-order chi connectivity index (χ0) is 37.0. The minimum absolute atomic E-state index is 0.611. The molecule has 5 nitrogen and oxygen atoms in total. The number of rotatable bonds is 6. The van der Waals surface area contributed by atoms with Gasteiger partial charge in [0.15, 0.2) is 17.5 Å². The summed E-state index contributed by atoms with van der Waals surface area (Å²) in [5.41, 5.74) is 12.4. The Morgan fingerprint density at radius 1 is 0.339 bits per heavy atom. The fourth-order valence-electron chi connectivity index (χ4n) is 8.05. The van der Waals surface area contributed by atoms with Crippen LogP contribution in [0.15, 0.2) is 199 Å². The average molecular weight is 717 g/mol. The molecule has 0 aliphatic heterocycles. The molecule has 0 amide bonds. The zero-order valence-electron chi connectivity index (χ0n) is 30.2. The Morgan fingerprint density at radius 3 is 1.61 bits per heavy atom. The third-order valence-corrected chi connectivity index (χ3v) is 10.7. The van der Waals surface area contributed by atoms with Crippen molar-refractivity contribution in [2.75, 3.05) is 0 Å². The number of hydrogen-bond acceptors (Lipinski definition) is 4. The number of nitrogens with zero attached hydrogens (tertiary/aromatic N) is 4. The lowest BCUT2D eigenvalue weighted by atomic mass is 9.92.